The summed E-state index contributed by atoms with van der Waals surface area (Å²) in [6, 6.07) is 7.29. The van der Waals surface area contributed by atoms with Crippen LogP contribution in [0.15, 0.2) is 24.3 Å². The molecule has 160 valence electrons. The van der Waals surface area contributed by atoms with Crippen LogP contribution in [-0.2, 0) is 19.0 Å². The van der Waals surface area contributed by atoms with Crippen molar-refractivity contribution in [3.05, 3.63) is 29.8 Å². The van der Waals surface area contributed by atoms with Gasteiger partial charge in [-0.05, 0) is 30.0 Å². The molecule has 0 aliphatic rings. The number of hydrogen-bond acceptors (Lipinski definition) is 5. The third kappa shape index (κ3) is 8.48. The second kappa shape index (κ2) is 10.7. The predicted molar refractivity (Wildman–Crippen MR) is 98.2 cm³/mol. The standard InChI is InChI=1S/C20H29F3O5/c1-6-14(2)15-7-9-16(10-8-15)26-11-17(24)28-18(19(3,4)12-25-5)27-13-20(21,22)23/h7-10,14,18H,6,11-13H2,1-5H3. The Hall–Kier alpha value is -1.80. The van der Waals surface area contributed by atoms with E-state index in [0.717, 1.165) is 12.0 Å². The average Bonchev–Trinajstić information content (AvgIpc) is 2.62. The van der Waals surface area contributed by atoms with Gasteiger partial charge in [0.15, 0.2) is 6.61 Å². The number of methoxy groups -OCH3 is 1. The summed E-state index contributed by atoms with van der Waals surface area (Å²) in [7, 11) is 1.40. The van der Waals surface area contributed by atoms with E-state index in [-0.39, 0.29) is 6.61 Å². The van der Waals surface area contributed by atoms with Crippen molar-refractivity contribution in [1.82, 2.24) is 0 Å². The van der Waals surface area contributed by atoms with E-state index in [1.165, 1.54) is 7.11 Å². The van der Waals surface area contributed by atoms with Gasteiger partial charge in [0, 0.05) is 7.11 Å². The monoisotopic (exact) mass is 406 g/mol. The number of halogens is 3. The van der Waals surface area contributed by atoms with E-state index in [1.807, 2.05) is 12.1 Å². The molecule has 0 N–H and O–H groups in total. The lowest BCUT2D eigenvalue weighted by atomic mass is 9.94. The highest BCUT2D eigenvalue weighted by Gasteiger charge is 2.38. The molecule has 0 aliphatic carbocycles. The van der Waals surface area contributed by atoms with Crippen LogP contribution in [0.5, 0.6) is 5.75 Å². The quantitative estimate of drug-likeness (QED) is 0.394. The van der Waals surface area contributed by atoms with Gasteiger partial charge in [0.05, 0.1) is 12.0 Å². The molecule has 0 bridgehead atoms. The van der Waals surface area contributed by atoms with Crippen molar-refractivity contribution in [3.8, 4) is 5.75 Å². The zero-order valence-electron chi connectivity index (χ0n) is 17.0. The van der Waals surface area contributed by atoms with E-state index < -0.39 is 37.1 Å². The summed E-state index contributed by atoms with van der Waals surface area (Å²) in [5.41, 5.74) is 0.174. The number of benzene rings is 1. The van der Waals surface area contributed by atoms with Crippen LogP contribution in [0.2, 0.25) is 0 Å². The molecular weight excluding hydrogens is 377 g/mol. The summed E-state index contributed by atoms with van der Waals surface area (Å²) >= 11 is 0. The van der Waals surface area contributed by atoms with Gasteiger partial charge in [-0.2, -0.15) is 13.2 Å². The summed E-state index contributed by atoms with van der Waals surface area (Å²) in [6.45, 7) is 5.43. The Morgan fingerprint density at radius 2 is 1.71 bits per heavy atom. The molecule has 1 rings (SSSR count). The van der Waals surface area contributed by atoms with Crippen LogP contribution in [0.4, 0.5) is 13.2 Å². The molecular formula is C20H29F3O5. The summed E-state index contributed by atoms with van der Waals surface area (Å²) < 4.78 is 57.7. The Morgan fingerprint density at radius 3 is 2.21 bits per heavy atom. The maximum absolute atomic E-state index is 12.5. The maximum atomic E-state index is 12.5. The maximum Gasteiger partial charge on any atom is 0.411 e. The summed E-state index contributed by atoms with van der Waals surface area (Å²) in [4.78, 5) is 12.1. The minimum absolute atomic E-state index is 0.0424. The van der Waals surface area contributed by atoms with Crippen molar-refractivity contribution in [2.45, 2.75) is 52.5 Å². The smallest absolute Gasteiger partial charge is 0.411 e. The predicted octanol–water partition coefficient (Wildman–Crippen LogP) is 4.70. The average molecular weight is 406 g/mol. The van der Waals surface area contributed by atoms with Gasteiger partial charge in [-0.3, -0.25) is 0 Å². The first kappa shape index (κ1) is 24.2. The van der Waals surface area contributed by atoms with Crippen LogP contribution in [0.1, 0.15) is 45.6 Å². The minimum atomic E-state index is -4.54. The van der Waals surface area contributed by atoms with Gasteiger partial charge in [-0.15, -0.1) is 0 Å². The first-order valence-corrected chi connectivity index (χ1v) is 9.08. The lowest BCUT2D eigenvalue weighted by molar-refractivity contribution is -0.256. The molecule has 0 radical (unpaired) electrons. The number of ether oxygens (including phenoxy) is 4. The highest BCUT2D eigenvalue weighted by atomic mass is 19.4. The lowest BCUT2D eigenvalue weighted by Crippen LogP contribution is -2.42. The van der Waals surface area contributed by atoms with Gasteiger partial charge < -0.3 is 18.9 Å². The molecule has 0 heterocycles. The molecule has 5 nitrogen and oxygen atoms in total. The molecule has 2 unspecified atom stereocenters. The van der Waals surface area contributed by atoms with E-state index in [9.17, 15) is 18.0 Å². The fourth-order valence-corrected chi connectivity index (χ4v) is 2.45. The van der Waals surface area contributed by atoms with Crippen molar-refractivity contribution in [2.75, 3.05) is 26.9 Å². The van der Waals surface area contributed by atoms with Crippen molar-refractivity contribution < 1.29 is 36.9 Å². The SMILES string of the molecule is CCC(C)c1ccc(OCC(=O)OC(OCC(F)(F)F)C(C)(C)COC)cc1. The van der Waals surface area contributed by atoms with E-state index in [0.29, 0.717) is 11.7 Å². The largest absolute Gasteiger partial charge is 0.482 e. The van der Waals surface area contributed by atoms with Gasteiger partial charge in [-0.25, -0.2) is 4.79 Å². The number of hydrogen-bond donors (Lipinski definition) is 0. The molecule has 0 aromatic heterocycles. The van der Waals surface area contributed by atoms with Gasteiger partial charge in [0.25, 0.3) is 0 Å². The number of carbonyl (C=O) groups excluding carboxylic acids is 1. The number of carbonyl (C=O) groups is 1. The fraction of sp³-hybridized carbons (Fsp3) is 0.650. The van der Waals surface area contributed by atoms with Crippen molar-refractivity contribution in [2.24, 2.45) is 5.41 Å². The van der Waals surface area contributed by atoms with E-state index in [4.69, 9.17) is 18.9 Å². The highest BCUT2D eigenvalue weighted by Crippen LogP contribution is 2.27. The van der Waals surface area contributed by atoms with Crippen LogP contribution in [0.3, 0.4) is 0 Å². The first-order valence-electron chi connectivity index (χ1n) is 9.08. The third-order valence-electron chi connectivity index (χ3n) is 4.21. The summed E-state index contributed by atoms with van der Waals surface area (Å²) in [6.07, 6.45) is -4.97. The second-order valence-corrected chi connectivity index (χ2v) is 7.34. The van der Waals surface area contributed by atoms with Crippen molar-refractivity contribution in [1.29, 1.82) is 0 Å². The van der Waals surface area contributed by atoms with Crippen LogP contribution in [0, 0.1) is 5.41 Å². The Labute approximate surface area is 164 Å². The fourth-order valence-electron chi connectivity index (χ4n) is 2.45. The molecule has 0 amide bonds. The van der Waals surface area contributed by atoms with Crippen molar-refractivity contribution in [3.63, 3.8) is 0 Å². The Bertz CT molecular complexity index is 599. The summed E-state index contributed by atoms with van der Waals surface area (Å²) in [5.74, 6) is 0.0452. The lowest BCUT2D eigenvalue weighted by Gasteiger charge is -2.32. The molecule has 1 aromatic rings. The van der Waals surface area contributed by atoms with Crippen LogP contribution >= 0.6 is 0 Å². The number of rotatable bonds is 11. The molecule has 0 aliphatic heterocycles. The minimum Gasteiger partial charge on any atom is -0.482 e. The van der Waals surface area contributed by atoms with Crippen molar-refractivity contribution >= 4 is 5.97 Å². The molecule has 0 spiro atoms. The molecule has 28 heavy (non-hydrogen) atoms. The highest BCUT2D eigenvalue weighted by molar-refractivity contribution is 5.71. The Morgan fingerprint density at radius 1 is 1.11 bits per heavy atom. The van der Waals surface area contributed by atoms with Gasteiger partial charge in [0.2, 0.25) is 6.29 Å². The number of esters is 1. The first-order chi connectivity index (χ1) is 13.0. The third-order valence-corrected chi connectivity index (χ3v) is 4.21. The molecule has 0 saturated heterocycles. The zero-order valence-corrected chi connectivity index (χ0v) is 17.0. The second-order valence-electron chi connectivity index (χ2n) is 7.34. The summed E-state index contributed by atoms with van der Waals surface area (Å²) in [5, 5.41) is 0. The molecule has 2 atom stereocenters. The van der Waals surface area contributed by atoms with Gasteiger partial charge in [0.1, 0.15) is 12.4 Å². The Kier molecular flexibility index (Phi) is 9.23. The van der Waals surface area contributed by atoms with Crippen LogP contribution < -0.4 is 4.74 Å². The van der Waals surface area contributed by atoms with E-state index in [1.54, 1.807) is 26.0 Å². The van der Waals surface area contributed by atoms with Gasteiger partial charge >= 0.3 is 12.1 Å². The molecule has 0 saturated carbocycles. The van der Waals surface area contributed by atoms with Crippen LogP contribution in [0.25, 0.3) is 0 Å². The van der Waals surface area contributed by atoms with E-state index in [2.05, 4.69) is 13.8 Å². The topological polar surface area (TPSA) is 54.0 Å². The molecule has 1 aromatic carbocycles. The van der Waals surface area contributed by atoms with E-state index >= 15 is 0 Å². The zero-order chi connectivity index (χ0) is 21.4. The normalized spacial score (nSPS) is 14.4. The van der Waals surface area contributed by atoms with Gasteiger partial charge in [-0.1, -0.05) is 39.8 Å². The molecule has 8 heteroatoms. The Balaban J connectivity index is 2.66. The number of alkyl halides is 3. The van der Waals surface area contributed by atoms with Crippen LogP contribution in [-0.4, -0.2) is 45.4 Å². The molecule has 0 fully saturated rings.